The highest BCUT2D eigenvalue weighted by Gasteiger charge is 2.14. The molecule has 1 aromatic rings. The first-order valence-electron chi connectivity index (χ1n) is 6.85. The monoisotopic (exact) mass is 249 g/mol. The summed E-state index contributed by atoms with van der Waals surface area (Å²) in [6.07, 6.45) is 2.83. The Hall–Kier alpha value is -1.06. The summed E-state index contributed by atoms with van der Waals surface area (Å²) >= 11 is 0. The van der Waals surface area contributed by atoms with Gasteiger partial charge in [-0.25, -0.2) is 0 Å². The van der Waals surface area contributed by atoms with E-state index in [1.165, 1.54) is 12.8 Å². The second-order valence-electron chi connectivity index (χ2n) is 5.02. The van der Waals surface area contributed by atoms with Crippen LogP contribution >= 0.6 is 0 Å². The average molecular weight is 249 g/mol. The fourth-order valence-electron chi connectivity index (χ4n) is 2.11. The molecule has 1 saturated heterocycles. The molecule has 1 aliphatic rings. The van der Waals surface area contributed by atoms with Gasteiger partial charge in [-0.1, -0.05) is 25.1 Å². The minimum atomic E-state index is 0.423. The molecule has 0 radical (unpaired) electrons. The highest BCUT2D eigenvalue weighted by molar-refractivity contribution is 5.20. The molecule has 3 heteroatoms. The summed E-state index contributed by atoms with van der Waals surface area (Å²) in [5.41, 5.74) is 0. The van der Waals surface area contributed by atoms with Crippen molar-refractivity contribution in [1.29, 1.82) is 0 Å². The Kier molecular flexibility index (Phi) is 5.49. The smallest absolute Gasteiger partial charge is 0.119 e. The summed E-state index contributed by atoms with van der Waals surface area (Å²) in [6, 6.07) is 9.98. The van der Waals surface area contributed by atoms with Gasteiger partial charge >= 0.3 is 0 Å². The molecule has 2 atom stereocenters. The standard InChI is InChI=1S/C15H23NO2/c1-13(10-16-11-15-8-5-9-17-15)12-18-14-6-3-2-4-7-14/h2-4,6-7,13,15-16H,5,8-12H2,1H3/t13-,15-/m0/s1. The zero-order valence-electron chi connectivity index (χ0n) is 11.1. The molecule has 3 nitrogen and oxygen atoms in total. The molecule has 0 unspecified atom stereocenters. The number of ether oxygens (including phenoxy) is 2. The van der Waals surface area contributed by atoms with Gasteiger partial charge in [0.05, 0.1) is 12.7 Å². The number of benzene rings is 1. The maximum absolute atomic E-state index is 5.72. The molecular weight excluding hydrogens is 226 g/mol. The number of hydrogen-bond donors (Lipinski definition) is 1. The molecule has 0 spiro atoms. The Bertz CT molecular complexity index is 323. The predicted molar refractivity (Wildman–Crippen MR) is 72.9 cm³/mol. The molecule has 0 bridgehead atoms. The van der Waals surface area contributed by atoms with E-state index in [0.29, 0.717) is 12.0 Å². The van der Waals surface area contributed by atoms with Crippen molar-refractivity contribution in [3.63, 3.8) is 0 Å². The van der Waals surface area contributed by atoms with Gasteiger partial charge in [0.15, 0.2) is 0 Å². The van der Waals surface area contributed by atoms with E-state index in [-0.39, 0.29) is 0 Å². The molecular formula is C15H23NO2. The second kappa shape index (κ2) is 7.39. The summed E-state index contributed by atoms with van der Waals surface area (Å²) in [7, 11) is 0. The number of rotatable bonds is 7. The lowest BCUT2D eigenvalue weighted by Gasteiger charge is -2.16. The van der Waals surface area contributed by atoms with Crippen LogP contribution in [0, 0.1) is 5.92 Å². The van der Waals surface area contributed by atoms with Crippen LogP contribution in [0.15, 0.2) is 30.3 Å². The first kappa shape index (κ1) is 13.4. The maximum Gasteiger partial charge on any atom is 0.119 e. The van der Waals surface area contributed by atoms with E-state index in [0.717, 1.165) is 32.1 Å². The summed E-state index contributed by atoms with van der Waals surface area (Å²) in [5.74, 6) is 1.45. The SMILES string of the molecule is C[C@@H](CNC[C@@H]1CCCO1)COc1ccccc1. The van der Waals surface area contributed by atoms with Crippen LogP contribution in [0.4, 0.5) is 0 Å². The van der Waals surface area contributed by atoms with Gasteiger partial charge in [0, 0.05) is 25.6 Å². The van der Waals surface area contributed by atoms with Crippen LogP contribution in [0.25, 0.3) is 0 Å². The quantitative estimate of drug-likeness (QED) is 0.805. The average Bonchev–Trinajstić information content (AvgIpc) is 2.91. The van der Waals surface area contributed by atoms with E-state index in [1.807, 2.05) is 30.3 Å². The van der Waals surface area contributed by atoms with E-state index < -0.39 is 0 Å². The number of hydrogen-bond acceptors (Lipinski definition) is 3. The minimum absolute atomic E-state index is 0.423. The van der Waals surface area contributed by atoms with Crippen LogP contribution in [0.2, 0.25) is 0 Å². The number of nitrogens with one attached hydrogen (secondary N) is 1. The van der Waals surface area contributed by atoms with Crippen molar-refractivity contribution in [2.75, 3.05) is 26.3 Å². The van der Waals surface area contributed by atoms with Crippen LogP contribution in [0.5, 0.6) is 5.75 Å². The minimum Gasteiger partial charge on any atom is -0.493 e. The van der Waals surface area contributed by atoms with Crippen molar-refractivity contribution in [2.45, 2.75) is 25.9 Å². The van der Waals surface area contributed by atoms with Crippen LogP contribution in [0.1, 0.15) is 19.8 Å². The fraction of sp³-hybridized carbons (Fsp3) is 0.600. The molecule has 2 rings (SSSR count). The Morgan fingerprint density at radius 2 is 2.22 bits per heavy atom. The zero-order valence-corrected chi connectivity index (χ0v) is 11.1. The maximum atomic E-state index is 5.72. The molecule has 1 aromatic carbocycles. The second-order valence-corrected chi connectivity index (χ2v) is 5.02. The summed E-state index contributed by atoms with van der Waals surface area (Å²) in [6.45, 7) is 5.83. The molecule has 1 N–H and O–H groups in total. The molecule has 1 aliphatic heterocycles. The third-order valence-corrected chi connectivity index (χ3v) is 3.17. The van der Waals surface area contributed by atoms with Gasteiger partial charge in [-0.2, -0.15) is 0 Å². The van der Waals surface area contributed by atoms with Gasteiger partial charge in [-0.15, -0.1) is 0 Å². The van der Waals surface area contributed by atoms with E-state index >= 15 is 0 Å². The van der Waals surface area contributed by atoms with Gasteiger partial charge in [-0.3, -0.25) is 0 Å². The molecule has 18 heavy (non-hydrogen) atoms. The summed E-state index contributed by atoms with van der Waals surface area (Å²) in [4.78, 5) is 0. The van der Waals surface area contributed by atoms with Crippen molar-refractivity contribution in [3.05, 3.63) is 30.3 Å². The molecule has 1 fully saturated rings. The third kappa shape index (κ3) is 4.67. The van der Waals surface area contributed by atoms with Crippen molar-refractivity contribution in [2.24, 2.45) is 5.92 Å². The highest BCUT2D eigenvalue weighted by Crippen LogP contribution is 2.11. The zero-order chi connectivity index (χ0) is 12.6. The van der Waals surface area contributed by atoms with Crippen molar-refractivity contribution in [1.82, 2.24) is 5.32 Å². The van der Waals surface area contributed by atoms with Crippen LogP contribution in [-0.4, -0.2) is 32.4 Å². The highest BCUT2D eigenvalue weighted by atomic mass is 16.5. The van der Waals surface area contributed by atoms with Gasteiger partial charge in [0.2, 0.25) is 0 Å². The topological polar surface area (TPSA) is 30.5 Å². The summed E-state index contributed by atoms with van der Waals surface area (Å²) < 4.78 is 11.3. The van der Waals surface area contributed by atoms with E-state index in [2.05, 4.69) is 12.2 Å². The Morgan fingerprint density at radius 1 is 1.39 bits per heavy atom. The Balaban J connectivity index is 1.56. The molecule has 100 valence electrons. The van der Waals surface area contributed by atoms with Gasteiger partial charge in [-0.05, 0) is 25.0 Å². The van der Waals surface area contributed by atoms with Gasteiger partial charge < -0.3 is 14.8 Å². The van der Waals surface area contributed by atoms with Gasteiger partial charge in [0.25, 0.3) is 0 Å². The largest absolute Gasteiger partial charge is 0.493 e. The first-order valence-corrected chi connectivity index (χ1v) is 6.85. The van der Waals surface area contributed by atoms with Crippen molar-refractivity contribution < 1.29 is 9.47 Å². The molecule has 0 aromatic heterocycles. The van der Waals surface area contributed by atoms with Crippen LogP contribution in [-0.2, 0) is 4.74 Å². The van der Waals surface area contributed by atoms with Crippen molar-refractivity contribution in [3.8, 4) is 5.75 Å². The van der Waals surface area contributed by atoms with E-state index in [9.17, 15) is 0 Å². The van der Waals surface area contributed by atoms with Crippen LogP contribution < -0.4 is 10.1 Å². The lowest BCUT2D eigenvalue weighted by molar-refractivity contribution is 0.108. The first-order chi connectivity index (χ1) is 8.84. The van der Waals surface area contributed by atoms with Crippen molar-refractivity contribution >= 4 is 0 Å². The fourth-order valence-corrected chi connectivity index (χ4v) is 2.11. The molecule has 0 aliphatic carbocycles. The summed E-state index contributed by atoms with van der Waals surface area (Å²) in [5, 5.41) is 3.46. The Morgan fingerprint density at radius 3 is 2.94 bits per heavy atom. The Labute approximate surface area is 109 Å². The van der Waals surface area contributed by atoms with Gasteiger partial charge in [0.1, 0.15) is 5.75 Å². The van der Waals surface area contributed by atoms with E-state index in [1.54, 1.807) is 0 Å². The lowest BCUT2D eigenvalue weighted by atomic mass is 10.2. The van der Waals surface area contributed by atoms with Crippen LogP contribution in [0.3, 0.4) is 0 Å². The molecule has 0 saturated carbocycles. The lowest BCUT2D eigenvalue weighted by Crippen LogP contribution is -2.31. The molecule has 0 amide bonds. The third-order valence-electron chi connectivity index (χ3n) is 3.17. The normalized spacial score (nSPS) is 20.8. The molecule has 1 heterocycles. The number of para-hydroxylation sites is 1. The predicted octanol–water partition coefficient (Wildman–Crippen LogP) is 2.47. The van der Waals surface area contributed by atoms with E-state index in [4.69, 9.17) is 9.47 Å².